The SMILES string of the molecule is CCCCCCCCCCCCCCCCCC(=O)OCCOCCOCCOCCOCCOCCOCCOCCOCCCCC. The first-order valence-electron chi connectivity index (χ1n) is 20.1. The van der Waals surface area contributed by atoms with E-state index in [0.29, 0.717) is 112 Å². The summed E-state index contributed by atoms with van der Waals surface area (Å²) in [6.45, 7) is 13.4. The zero-order chi connectivity index (χ0) is 35.4. The van der Waals surface area contributed by atoms with Crippen LogP contribution in [0.2, 0.25) is 0 Å². The third-order valence-corrected chi connectivity index (χ3v) is 7.97. The molecule has 0 aromatic rings. The first-order valence-corrected chi connectivity index (χ1v) is 20.1. The molecule has 0 bridgehead atoms. The molecule has 0 spiro atoms. The van der Waals surface area contributed by atoms with E-state index in [1.54, 1.807) is 0 Å². The molecule has 10 nitrogen and oxygen atoms in total. The van der Waals surface area contributed by atoms with Crippen LogP contribution in [0.3, 0.4) is 0 Å². The summed E-state index contributed by atoms with van der Waals surface area (Å²) in [6.07, 6.45) is 23.8. The summed E-state index contributed by atoms with van der Waals surface area (Å²) >= 11 is 0. The third-order valence-electron chi connectivity index (χ3n) is 7.97. The van der Waals surface area contributed by atoms with E-state index >= 15 is 0 Å². The van der Waals surface area contributed by atoms with Crippen molar-refractivity contribution in [3.05, 3.63) is 0 Å². The van der Waals surface area contributed by atoms with Gasteiger partial charge in [-0.2, -0.15) is 0 Å². The lowest BCUT2D eigenvalue weighted by atomic mass is 10.0. The molecule has 0 amide bonds. The summed E-state index contributed by atoms with van der Waals surface area (Å²) < 4.78 is 49.1. The van der Waals surface area contributed by atoms with Crippen molar-refractivity contribution in [1.82, 2.24) is 0 Å². The molecule has 0 aromatic carbocycles. The molecule has 0 rings (SSSR count). The van der Waals surface area contributed by atoms with Gasteiger partial charge in [0, 0.05) is 13.0 Å². The van der Waals surface area contributed by atoms with Crippen molar-refractivity contribution in [3.8, 4) is 0 Å². The van der Waals surface area contributed by atoms with Crippen LogP contribution in [0, 0.1) is 0 Å². The van der Waals surface area contributed by atoms with E-state index in [4.69, 9.17) is 42.6 Å². The van der Waals surface area contributed by atoms with Crippen LogP contribution in [0.1, 0.15) is 136 Å². The van der Waals surface area contributed by atoms with Crippen LogP contribution in [0.15, 0.2) is 0 Å². The fraction of sp³-hybridized carbons (Fsp3) is 0.974. The molecular weight excluding hydrogens is 628 g/mol. The van der Waals surface area contributed by atoms with E-state index in [0.717, 1.165) is 25.9 Å². The highest BCUT2D eigenvalue weighted by molar-refractivity contribution is 5.69. The van der Waals surface area contributed by atoms with Gasteiger partial charge in [0.15, 0.2) is 0 Å². The molecule has 0 unspecified atom stereocenters. The minimum Gasteiger partial charge on any atom is -0.463 e. The van der Waals surface area contributed by atoms with E-state index in [-0.39, 0.29) is 5.97 Å². The first-order chi connectivity index (χ1) is 24.3. The van der Waals surface area contributed by atoms with Gasteiger partial charge < -0.3 is 42.6 Å². The standard InChI is InChI=1S/C39H78O10/c1-3-5-7-8-9-10-11-12-13-14-15-16-17-18-19-21-39(40)49-38-37-48-36-35-47-34-33-46-32-31-45-30-29-44-28-27-43-26-25-42-24-23-41-22-20-6-4-2/h3-38H2,1-2H3. The summed E-state index contributed by atoms with van der Waals surface area (Å²) in [5.74, 6) is -0.125. The molecule has 0 aliphatic heterocycles. The largest absolute Gasteiger partial charge is 0.463 e. The molecule has 0 aromatic heterocycles. The molecule has 0 aliphatic carbocycles. The van der Waals surface area contributed by atoms with Gasteiger partial charge in [-0.15, -0.1) is 0 Å². The second-order valence-corrected chi connectivity index (χ2v) is 12.5. The van der Waals surface area contributed by atoms with E-state index < -0.39 is 0 Å². The Kier molecular flexibility index (Phi) is 44.4. The lowest BCUT2D eigenvalue weighted by Gasteiger charge is -2.09. The molecule has 0 saturated carbocycles. The monoisotopic (exact) mass is 707 g/mol. The van der Waals surface area contributed by atoms with Gasteiger partial charge in [-0.3, -0.25) is 4.79 Å². The highest BCUT2D eigenvalue weighted by atomic mass is 16.6. The fourth-order valence-electron chi connectivity index (χ4n) is 5.02. The number of hydrogen-bond donors (Lipinski definition) is 0. The Morgan fingerprint density at radius 3 is 0.857 bits per heavy atom. The van der Waals surface area contributed by atoms with Gasteiger partial charge >= 0.3 is 5.97 Å². The highest BCUT2D eigenvalue weighted by Crippen LogP contribution is 2.13. The van der Waals surface area contributed by atoms with Crippen LogP contribution < -0.4 is 0 Å². The Hall–Kier alpha value is -0.850. The Balaban J connectivity index is 3.13. The highest BCUT2D eigenvalue weighted by Gasteiger charge is 2.03. The maximum absolute atomic E-state index is 11.9. The van der Waals surface area contributed by atoms with Crippen molar-refractivity contribution in [3.63, 3.8) is 0 Å². The normalized spacial score (nSPS) is 11.5. The fourth-order valence-corrected chi connectivity index (χ4v) is 5.02. The molecular formula is C39H78O10. The number of esters is 1. The van der Waals surface area contributed by atoms with E-state index in [9.17, 15) is 4.79 Å². The van der Waals surface area contributed by atoms with Gasteiger partial charge in [0.05, 0.1) is 99.1 Å². The molecule has 0 aliphatic rings. The zero-order valence-corrected chi connectivity index (χ0v) is 32.0. The number of ether oxygens (including phenoxy) is 9. The quantitative estimate of drug-likeness (QED) is 0.0456. The minimum atomic E-state index is -0.125. The number of carbonyl (C=O) groups is 1. The van der Waals surface area contributed by atoms with Crippen LogP contribution >= 0.6 is 0 Å². The van der Waals surface area contributed by atoms with Crippen molar-refractivity contribution < 1.29 is 47.4 Å². The van der Waals surface area contributed by atoms with Gasteiger partial charge in [-0.05, 0) is 12.8 Å². The average molecular weight is 707 g/mol. The summed E-state index contributed by atoms with van der Waals surface area (Å²) in [5, 5.41) is 0. The molecule has 0 fully saturated rings. The summed E-state index contributed by atoms with van der Waals surface area (Å²) in [6, 6.07) is 0. The van der Waals surface area contributed by atoms with Gasteiger partial charge in [-0.25, -0.2) is 0 Å². The van der Waals surface area contributed by atoms with Gasteiger partial charge in [-0.1, -0.05) is 117 Å². The second-order valence-electron chi connectivity index (χ2n) is 12.5. The topological polar surface area (TPSA) is 100 Å². The van der Waals surface area contributed by atoms with Crippen LogP contribution in [0.4, 0.5) is 0 Å². The Morgan fingerprint density at radius 2 is 0.531 bits per heavy atom. The smallest absolute Gasteiger partial charge is 0.305 e. The van der Waals surface area contributed by atoms with Crippen molar-refractivity contribution in [2.45, 2.75) is 136 Å². The number of rotatable bonds is 44. The Bertz CT molecular complexity index is 610. The molecule has 0 N–H and O–H groups in total. The zero-order valence-electron chi connectivity index (χ0n) is 32.0. The third kappa shape index (κ3) is 45.1. The lowest BCUT2D eigenvalue weighted by molar-refractivity contribution is -0.145. The molecule has 0 radical (unpaired) electrons. The molecule has 0 saturated heterocycles. The Morgan fingerprint density at radius 1 is 0.286 bits per heavy atom. The number of hydrogen-bond acceptors (Lipinski definition) is 10. The lowest BCUT2D eigenvalue weighted by Crippen LogP contribution is -2.15. The van der Waals surface area contributed by atoms with E-state index in [1.807, 2.05) is 0 Å². The molecule has 10 heteroatoms. The van der Waals surface area contributed by atoms with Crippen LogP contribution in [-0.2, 0) is 47.4 Å². The van der Waals surface area contributed by atoms with Crippen LogP contribution in [-0.4, -0.2) is 118 Å². The predicted octanol–water partition coefficient (Wildman–Crippen LogP) is 8.11. The van der Waals surface area contributed by atoms with Gasteiger partial charge in [0.25, 0.3) is 0 Å². The van der Waals surface area contributed by atoms with Gasteiger partial charge in [0.2, 0.25) is 0 Å². The second kappa shape index (κ2) is 45.2. The summed E-state index contributed by atoms with van der Waals surface area (Å²) in [7, 11) is 0. The Labute approximate surface area is 301 Å². The predicted molar refractivity (Wildman–Crippen MR) is 197 cm³/mol. The first kappa shape index (κ1) is 48.1. The van der Waals surface area contributed by atoms with Crippen LogP contribution in [0.25, 0.3) is 0 Å². The van der Waals surface area contributed by atoms with Crippen LogP contribution in [0.5, 0.6) is 0 Å². The molecule has 49 heavy (non-hydrogen) atoms. The average Bonchev–Trinajstić information content (AvgIpc) is 3.11. The summed E-state index contributed by atoms with van der Waals surface area (Å²) in [4.78, 5) is 11.9. The molecule has 0 heterocycles. The summed E-state index contributed by atoms with van der Waals surface area (Å²) in [5.41, 5.74) is 0. The maximum atomic E-state index is 11.9. The minimum absolute atomic E-state index is 0.125. The number of unbranched alkanes of at least 4 members (excludes halogenated alkanes) is 16. The maximum Gasteiger partial charge on any atom is 0.305 e. The van der Waals surface area contributed by atoms with E-state index in [2.05, 4.69) is 13.8 Å². The van der Waals surface area contributed by atoms with Crippen molar-refractivity contribution in [2.75, 3.05) is 112 Å². The van der Waals surface area contributed by atoms with Crippen molar-refractivity contribution in [2.24, 2.45) is 0 Å². The number of carbonyl (C=O) groups excluding carboxylic acids is 1. The van der Waals surface area contributed by atoms with Gasteiger partial charge in [0.1, 0.15) is 6.61 Å². The van der Waals surface area contributed by atoms with Crippen molar-refractivity contribution in [1.29, 1.82) is 0 Å². The molecule has 294 valence electrons. The van der Waals surface area contributed by atoms with Crippen molar-refractivity contribution >= 4 is 5.97 Å². The molecule has 0 atom stereocenters. The van der Waals surface area contributed by atoms with E-state index in [1.165, 1.54) is 96.3 Å².